The maximum atomic E-state index is 13.4. The average Bonchev–Trinajstić information content (AvgIpc) is 3.02. The van der Waals surface area contributed by atoms with Crippen LogP contribution in [0.1, 0.15) is 75.1 Å². The number of aromatic nitrogens is 3. The van der Waals surface area contributed by atoms with Crippen LogP contribution in [0.3, 0.4) is 0 Å². The Bertz CT molecular complexity index is 1840. The predicted molar refractivity (Wildman–Crippen MR) is 180 cm³/mol. The van der Waals surface area contributed by atoms with Gasteiger partial charge in [0, 0.05) is 16.9 Å². The summed E-state index contributed by atoms with van der Waals surface area (Å²) in [4.78, 5) is 39.1. The van der Waals surface area contributed by atoms with Gasteiger partial charge in [-0.15, -0.1) is 0 Å². The van der Waals surface area contributed by atoms with E-state index in [1.165, 1.54) is 6.33 Å². The van der Waals surface area contributed by atoms with Crippen molar-refractivity contribution in [2.75, 3.05) is 10.6 Å². The van der Waals surface area contributed by atoms with E-state index in [0.717, 1.165) is 16.6 Å². The third-order valence-corrected chi connectivity index (χ3v) is 6.98. The van der Waals surface area contributed by atoms with Crippen molar-refractivity contribution in [2.45, 2.75) is 59.1 Å². The fourth-order valence-corrected chi connectivity index (χ4v) is 4.62. The van der Waals surface area contributed by atoms with Gasteiger partial charge in [-0.05, 0) is 93.8 Å². The Labute approximate surface area is 268 Å². The third-order valence-electron chi connectivity index (χ3n) is 6.98. The summed E-state index contributed by atoms with van der Waals surface area (Å²) in [6, 6.07) is 25.5. The Hall–Kier alpha value is -5.51. The molecular formula is C36H38N6O4. The van der Waals surface area contributed by atoms with Crippen LogP contribution in [-0.4, -0.2) is 32.6 Å². The number of anilines is 3. The zero-order valence-corrected chi connectivity index (χ0v) is 26.8. The first-order valence-electron chi connectivity index (χ1n) is 15.1. The molecule has 3 aromatic carbocycles. The minimum absolute atomic E-state index is 0.194. The zero-order valence-electron chi connectivity index (χ0n) is 26.8. The lowest BCUT2D eigenvalue weighted by Crippen LogP contribution is -2.27. The number of fused-ring (bicyclic) bond motifs is 1. The van der Waals surface area contributed by atoms with E-state index in [1.807, 2.05) is 49.4 Å². The summed E-state index contributed by atoms with van der Waals surface area (Å²) in [6.45, 7) is 11.5. The molecule has 0 saturated heterocycles. The van der Waals surface area contributed by atoms with E-state index in [9.17, 15) is 9.59 Å². The van der Waals surface area contributed by atoms with Crippen molar-refractivity contribution in [3.8, 4) is 11.5 Å². The highest BCUT2D eigenvalue weighted by Crippen LogP contribution is 2.35. The summed E-state index contributed by atoms with van der Waals surface area (Å²) in [5.74, 6) is 1.50. The molecule has 2 aromatic heterocycles. The van der Waals surface area contributed by atoms with Gasteiger partial charge in [-0.2, -0.15) is 0 Å². The summed E-state index contributed by atoms with van der Waals surface area (Å²) < 4.78 is 11.6. The Morgan fingerprint density at radius 2 is 1.59 bits per heavy atom. The van der Waals surface area contributed by atoms with Gasteiger partial charge in [-0.3, -0.25) is 10.1 Å². The van der Waals surface area contributed by atoms with Gasteiger partial charge in [-0.25, -0.2) is 19.7 Å². The van der Waals surface area contributed by atoms with Gasteiger partial charge in [0.2, 0.25) is 0 Å². The van der Waals surface area contributed by atoms with Crippen LogP contribution in [-0.2, 0) is 4.74 Å². The number of nitrogens with one attached hydrogen (secondary N) is 3. The van der Waals surface area contributed by atoms with Crippen LogP contribution in [0.2, 0.25) is 0 Å². The molecular weight excluding hydrogens is 580 g/mol. The number of amides is 2. The lowest BCUT2D eigenvalue weighted by Gasteiger charge is -2.19. The molecule has 10 nitrogen and oxygen atoms in total. The molecule has 1 atom stereocenters. The zero-order chi connectivity index (χ0) is 32.8. The first-order chi connectivity index (χ1) is 21.9. The molecule has 0 saturated carbocycles. The van der Waals surface area contributed by atoms with Crippen LogP contribution in [0.15, 0.2) is 91.3 Å². The number of rotatable bonds is 9. The van der Waals surface area contributed by atoms with Crippen molar-refractivity contribution in [3.63, 3.8) is 0 Å². The highest BCUT2D eigenvalue weighted by molar-refractivity contribution is 5.97. The number of benzene rings is 3. The van der Waals surface area contributed by atoms with Crippen LogP contribution in [0, 0.1) is 0 Å². The SMILES string of the molecule is CC(C)c1ccc2c(Nc3cc(C(=O)N[C@@H](C)c4ccccc4)ccc3Oc3ccc(NC(=O)OC(C)(C)C)cc3)ncnc2n1. The Kier molecular flexibility index (Phi) is 9.46. The van der Waals surface area contributed by atoms with Gasteiger partial charge in [0.1, 0.15) is 23.5 Å². The van der Waals surface area contributed by atoms with Crippen LogP contribution in [0.4, 0.5) is 22.0 Å². The number of nitrogens with zero attached hydrogens (tertiary/aromatic N) is 3. The quantitative estimate of drug-likeness (QED) is 0.150. The van der Waals surface area contributed by atoms with E-state index < -0.39 is 11.7 Å². The molecule has 2 amide bonds. The smallest absolute Gasteiger partial charge is 0.412 e. The lowest BCUT2D eigenvalue weighted by molar-refractivity contribution is 0.0635. The number of hydrogen-bond acceptors (Lipinski definition) is 8. The molecule has 0 radical (unpaired) electrons. The number of hydrogen-bond donors (Lipinski definition) is 3. The van der Waals surface area contributed by atoms with Gasteiger partial charge >= 0.3 is 6.09 Å². The molecule has 0 unspecified atom stereocenters. The van der Waals surface area contributed by atoms with E-state index in [0.29, 0.717) is 39.9 Å². The second-order valence-corrected chi connectivity index (χ2v) is 12.2. The normalized spacial score (nSPS) is 12.0. The van der Waals surface area contributed by atoms with E-state index in [1.54, 1.807) is 63.2 Å². The van der Waals surface area contributed by atoms with Crippen molar-refractivity contribution in [3.05, 3.63) is 108 Å². The van der Waals surface area contributed by atoms with Crippen LogP contribution in [0.5, 0.6) is 11.5 Å². The second kappa shape index (κ2) is 13.6. The Balaban J connectivity index is 1.43. The van der Waals surface area contributed by atoms with E-state index in [2.05, 4.69) is 39.8 Å². The van der Waals surface area contributed by atoms with Gasteiger partial charge in [-0.1, -0.05) is 44.2 Å². The molecule has 0 aliphatic heterocycles. The minimum Gasteiger partial charge on any atom is -0.455 e. The van der Waals surface area contributed by atoms with Gasteiger partial charge in [0.05, 0.1) is 17.1 Å². The molecule has 236 valence electrons. The van der Waals surface area contributed by atoms with Crippen LogP contribution < -0.4 is 20.7 Å². The molecule has 46 heavy (non-hydrogen) atoms. The molecule has 5 aromatic rings. The van der Waals surface area contributed by atoms with E-state index in [4.69, 9.17) is 14.5 Å². The minimum atomic E-state index is -0.610. The van der Waals surface area contributed by atoms with Crippen LogP contribution >= 0.6 is 0 Å². The largest absolute Gasteiger partial charge is 0.455 e. The summed E-state index contributed by atoms with van der Waals surface area (Å²) >= 11 is 0. The first-order valence-corrected chi connectivity index (χ1v) is 15.1. The lowest BCUT2D eigenvalue weighted by atomic mass is 10.1. The molecule has 0 spiro atoms. The van der Waals surface area contributed by atoms with Gasteiger partial charge in [0.25, 0.3) is 5.91 Å². The molecule has 10 heteroatoms. The molecule has 2 heterocycles. The van der Waals surface area contributed by atoms with E-state index >= 15 is 0 Å². The monoisotopic (exact) mass is 618 g/mol. The molecule has 0 bridgehead atoms. The third kappa shape index (κ3) is 8.15. The molecule has 0 aliphatic carbocycles. The summed E-state index contributed by atoms with van der Waals surface area (Å²) in [5, 5.41) is 9.86. The number of carbonyl (C=O) groups is 2. The van der Waals surface area contributed by atoms with Crippen molar-refractivity contribution >= 4 is 40.2 Å². The topological polar surface area (TPSA) is 127 Å². The van der Waals surface area contributed by atoms with Gasteiger partial charge in [0.15, 0.2) is 11.4 Å². The Morgan fingerprint density at radius 1 is 0.848 bits per heavy atom. The maximum Gasteiger partial charge on any atom is 0.412 e. The molecule has 0 aliphatic rings. The standard InChI is InChI=1S/C36H38N6O4/c1-22(2)29-18-17-28-32(41-29)37-21-38-33(28)42-30-20-25(34(43)39-23(3)24-10-8-7-9-11-24)12-19-31(30)45-27-15-13-26(14-16-27)40-35(44)46-36(4,5)6/h7-23H,1-6H3,(H,39,43)(H,40,44)(H,37,38,41,42)/t23-/m0/s1. The second-order valence-electron chi connectivity index (χ2n) is 12.2. The van der Waals surface area contributed by atoms with Gasteiger partial charge < -0.3 is 20.1 Å². The average molecular weight is 619 g/mol. The van der Waals surface area contributed by atoms with Crippen molar-refractivity contribution in [2.24, 2.45) is 0 Å². The number of carbonyl (C=O) groups excluding carboxylic acids is 2. The summed E-state index contributed by atoms with van der Waals surface area (Å²) in [6.07, 6.45) is 0.909. The fourth-order valence-electron chi connectivity index (χ4n) is 4.62. The molecule has 0 fully saturated rings. The summed E-state index contributed by atoms with van der Waals surface area (Å²) in [5.41, 5.74) is 3.39. The maximum absolute atomic E-state index is 13.4. The van der Waals surface area contributed by atoms with Crippen LogP contribution in [0.25, 0.3) is 11.0 Å². The fraction of sp³-hybridized carbons (Fsp3) is 0.250. The Morgan fingerprint density at radius 3 is 2.28 bits per heavy atom. The highest BCUT2D eigenvalue weighted by atomic mass is 16.6. The van der Waals surface area contributed by atoms with Crippen molar-refractivity contribution in [1.29, 1.82) is 0 Å². The predicted octanol–water partition coefficient (Wildman–Crippen LogP) is 8.52. The number of pyridine rings is 1. The molecule has 3 N–H and O–H groups in total. The van der Waals surface area contributed by atoms with E-state index in [-0.39, 0.29) is 17.9 Å². The highest BCUT2D eigenvalue weighted by Gasteiger charge is 2.18. The number of ether oxygens (including phenoxy) is 2. The summed E-state index contributed by atoms with van der Waals surface area (Å²) in [7, 11) is 0. The molecule has 5 rings (SSSR count). The first kappa shape index (κ1) is 31.9. The van der Waals surface area contributed by atoms with Crippen molar-refractivity contribution < 1.29 is 19.1 Å². The van der Waals surface area contributed by atoms with Crippen molar-refractivity contribution in [1.82, 2.24) is 20.3 Å².